The zero-order chi connectivity index (χ0) is 11.7. The van der Waals surface area contributed by atoms with Gasteiger partial charge in [-0.2, -0.15) is 0 Å². The van der Waals surface area contributed by atoms with Crippen LogP contribution in [-0.4, -0.2) is 34.2 Å². The summed E-state index contributed by atoms with van der Waals surface area (Å²) in [5.41, 5.74) is 5.72. The van der Waals surface area contributed by atoms with Crippen molar-refractivity contribution in [3.63, 3.8) is 0 Å². The van der Waals surface area contributed by atoms with Gasteiger partial charge in [0.25, 0.3) is 0 Å². The molecule has 4 nitrogen and oxygen atoms in total. The molecule has 0 bridgehead atoms. The number of carbonyl (C=O) groups is 1. The van der Waals surface area contributed by atoms with E-state index in [1.807, 2.05) is 13.8 Å². The van der Waals surface area contributed by atoms with Gasteiger partial charge in [0.15, 0.2) is 0 Å². The highest BCUT2D eigenvalue weighted by atomic mass is 32.2. The Hall–Kier alpha value is -0.420. The Morgan fingerprint density at radius 2 is 2.13 bits per heavy atom. The van der Waals surface area contributed by atoms with E-state index >= 15 is 0 Å². The lowest BCUT2D eigenvalue weighted by molar-refractivity contribution is -0.121. The van der Waals surface area contributed by atoms with Gasteiger partial charge in [-0.25, -0.2) is 0 Å². The molecule has 0 saturated heterocycles. The van der Waals surface area contributed by atoms with Gasteiger partial charge < -0.3 is 11.1 Å². The van der Waals surface area contributed by atoms with Crippen LogP contribution in [0, 0.1) is 0 Å². The molecule has 0 saturated carbocycles. The molecule has 0 fully saturated rings. The lowest BCUT2D eigenvalue weighted by Crippen LogP contribution is -2.33. The van der Waals surface area contributed by atoms with Crippen LogP contribution in [0.3, 0.4) is 0 Å². The van der Waals surface area contributed by atoms with Gasteiger partial charge >= 0.3 is 0 Å². The van der Waals surface area contributed by atoms with Gasteiger partial charge in [0.1, 0.15) is 0 Å². The van der Waals surface area contributed by atoms with Gasteiger partial charge in [0, 0.05) is 41.3 Å². The summed E-state index contributed by atoms with van der Waals surface area (Å²) in [7, 11) is -0.805. The molecule has 0 aromatic heterocycles. The lowest BCUT2D eigenvalue weighted by atomic mass is 10.1. The van der Waals surface area contributed by atoms with Gasteiger partial charge in [0.2, 0.25) is 5.91 Å². The molecule has 5 heteroatoms. The quantitative estimate of drug-likeness (QED) is 0.638. The molecule has 0 aliphatic rings. The van der Waals surface area contributed by atoms with Crippen LogP contribution in [0.4, 0.5) is 0 Å². The van der Waals surface area contributed by atoms with Gasteiger partial charge in [0.05, 0.1) is 0 Å². The van der Waals surface area contributed by atoms with Gasteiger partial charge in [-0.05, 0) is 6.42 Å². The summed E-state index contributed by atoms with van der Waals surface area (Å²) in [4.78, 5) is 11.3. The maximum atomic E-state index is 11.3. The van der Waals surface area contributed by atoms with Crippen LogP contribution in [0.1, 0.15) is 33.1 Å². The summed E-state index contributed by atoms with van der Waals surface area (Å²) in [5, 5.41) is 2.73. The first-order valence-corrected chi connectivity index (χ1v) is 6.96. The smallest absolute Gasteiger partial charge is 0.221 e. The summed E-state index contributed by atoms with van der Waals surface area (Å²) >= 11 is 0. The van der Waals surface area contributed by atoms with E-state index in [1.165, 1.54) is 0 Å². The third-order valence-corrected chi connectivity index (χ3v) is 3.38. The van der Waals surface area contributed by atoms with E-state index in [-0.39, 0.29) is 11.9 Å². The lowest BCUT2D eigenvalue weighted by Gasteiger charge is -2.10. The molecule has 0 spiro atoms. The van der Waals surface area contributed by atoms with Crippen LogP contribution in [-0.2, 0) is 15.6 Å². The SMILES string of the molecule is CCCC(N)CC(=O)NCCS(=O)CC. The normalized spacial score (nSPS) is 14.6. The number of nitrogens with one attached hydrogen (secondary N) is 1. The molecule has 2 atom stereocenters. The molecule has 0 heterocycles. The van der Waals surface area contributed by atoms with E-state index in [0.29, 0.717) is 24.5 Å². The molecule has 0 rings (SSSR count). The van der Waals surface area contributed by atoms with Crippen molar-refractivity contribution in [3.05, 3.63) is 0 Å². The first kappa shape index (κ1) is 14.6. The number of hydrogen-bond acceptors (Lipinski definition) is 3. The fourth-order valence-electron chi connectivity index (χ4n) is 1.23. The minimum Gasteiger partial charge on any atom is -0.355 e. The Labute approximate surface area is 94.4 Å². The first-order chi connectivity index (χ1) is 7.10. The van der Waals surface area contributed by atoms with Crippen LogP contribution >= 0.6 is 0 Å². The Bertz CT molecular complexity index is 210. The summed E-state index contributed by atoms with van der Waals surface area (Å²) in [6.45, 7) is 4.40. The van der Waals surface area contributed by atoms with Gasteiger partial charge in [-0.15, -0.1) is 0 Å². The second-order valence-corrected chi connectivity index (χ2v) is 5.40. The minimum absolute atomic E-state index is 0.0379. The van der Waals surface area contributed by atoms with E-state index in [1.54, 1.807) is 0 Å². The first-order valence-electron chi connectivity index (χ1n) is 5.47. The topological polar surface area (TPSA) is 72.2 Å². The molecule has 1 amide bonds. The molecule has 0 aromatic rings. The molecular formula is C10H22N2O2S. The van der Waals surface area contributed by atoms with E-state index < -0.39 is 10.8 Å². The van der Waals surface area contributed by atoms with Crippen molar-refractivity contribution >= 4 is 16.7 Å². The summed E-state index contributed by atoms with van der Waals surface area (Å²) < 4.78 is 11.1. The number of nitrogens with two attached hydrogens (primary N) is 1. The van der Waals surface area contributed by atoms with Crippen LogP contribution in [0.5, 0.6) is 0 Å². The monoisotopic (exact) mass is 234 g/mol. The zero-order valence-electron chi connectivity index (χ0n) is 9.62. The van der Waals surface area contributed by atoms with E-state index in [0.717, 1.165) is 12.8 Å². The third-order valence-electron chi connectivity index (χ3n) is 2.08. The molecule has 90 valence electrons. The second kappa shape index (κ2) is 8.85. The summed E-state index contributed by atoms with van der Waals surface area (Å²) in [6, 6.07) is -0.0494. The Morgan fingerprint density at radius 1 is 1.47 bits per heavy atom. The maximum absolute atomic E-state index is 11.3. The highest BCUT2D eigenvalue weighted by Gasteiger charge is 2.08. The molecule has 15 heavy (non-hydrogen) atoms. The number of amides is 1. The minimum atomic E-state index is -0.805. The van der Waals surface area contributed by atoms with Crippen LogP contribution in [0.15, 0.2) is 0 Å². The number of rotatable bonds is 8. The third kappa shape index (κ3) is 8.57. The van der Waals surface area contributed by atoms with Gasteiger partial charge in [-0.1, -0.05) is 20.3 Å². The van der Waals surface area contributed by atoms with Crippen molar-refractivity contribution in [2.75, 3.05) is 18.1 Å². The van der Waals surface area contributed by atoms with Crippen LogP contribution in [0.25, 0.3) is 0 Å². The van der Waals surface area contributed by atoms with Crippen molar-refractivity contribution < 1.29 is 9.00 Å². The highest BCUT2D eigenvalue weighted by molar-refractivity contribution is 7.84. The maximum Gasteiger partial charge on any atom is 0.221 e. The average molecular weight is 234 g/mol. The van der Waals surface area contributed by atoms with Crippen molar-refractivity contribution in [2.45, 2.75) is 39.2 Å². The van der Waals surface area contributed by atoms with Gasteiger partial charge in [-0.3, -0.25) is 9.00 Å². The van der Waals surface area contributed by atoms with E-state index in [2.05, 4.69) is 5.32 Å². The predicted molar refractivity (Wildman–Crippen MR) is 64.1 cm³/mol. The average Bonchev–Trinajstić information content (AvgIpc) is 2.17. The van der Waals surface area contributed by atoms with Crippen molar-refractivity contribution in [2.24, 2.45) is 5.73 Å². The molecule has 0 aliphatic carbocycles. The highest BCUT2D eigenvalue weighted by Crippen LogP contribution is 1.97. The van der Waals surface area contributed by atoms with Crippen molar-refractivity contribution in [1.29, 1.82) is 0 Å². The second-order valence-electron chi connectivity index (χ2n) is 3.54. The largest absolute Gasteiger partial charge is 0.355 e. The summed E-state index contributed by atoms with van der Waals surface area (Å²) in [5.74, 6) is 1.14. The zero-order valence-corrected chi connectivity index (χ0v) is 10.4. The number of carbonyl (C=O) groups excluding carboxylic acids is 1. The Morgan fingerprint density at radius 3 is 2.67 bits per heavy atom. The molecule has 0 aliphatic heterocycles. The van der Waals surface area contributed by atoms with Crippen LogP contribution in [0.2, 0.25) is 0 Å². The molecular weight excluding hydrogens is 212 g/mol. The van der Waals surface area contributed by atoms with Crippen molar-refractivity contribution in [1.82, 2.24) is 5.32 Å². The molecule has 0 radical (unpaired) electrons. The standard InChI is InChI=1S/C10H22N2O2S/c1-3-5-9(11)8-10(13)12-6-7-15(14)4-2/h9H,3-8,11H2,1-2H3,(H,12,13). The van der Waals surface area contributed by atoms with E-state index in [9.17, 15) is 9.00 Å². The fourth-order valence-corrected chi connectivity index (χ4v) is 1.85. The number of hydrogen-bond donors (Lipinski definition) is 2. The summed E-state index contributed by atoms with van der Waals surface area (Å²) in [6.07, 6.45) is 2.23. The molecule has 0 aromatic carbocycles. The Kier molecular flexibility index (Phi) is 8.61. The fraction of sp³-hybridized carbons (Fsp3) is 0.900. The molecule has 2 unspecified atom stereocenters. The van der Waals surface area contributed by atoms with Crippen molar-refractivity contribution in [3.8, 4) is 0 Å². The van der Waals surface area contributed by atoms with E-state index in [4.69, 9.17) is 5.73 Å². The predicted octanol–water partition coefficient (Wildman–Crippen LogP) is 0.389. The Balaban J connectivity index is 3.53. The van der Waals surface area contributed by atoms with Crippen LogP contribution < -0.4 is 11.1 Å². The molecule has 3 N–H and O–H groups in total.